The molecule has 1 aliphatic carbocycles. The van der Waals surface area contributed by atoms with Crippen LogP contribution in [-0.4, -0.2) is 29.4 Å². The van der Waals surface area contributed by atoms with Gasteiger partial charge in [-0.25, -0.2) is 4.79 Å². The summed E-state index contributed by atoms with van der Waals surface area (Å²) in [5, 5.41) is 0. The molecular formula is C18H22O4S. The van der Waals surface area contributed by atoms with Crippen LogP contribution in [0.25, 0.3) is 0 Å². The van der Waals surface area contributed by atoms with E-state index >= 15 is 0 Å². The zero-order chi connectivity index (χ0) is 16.7. The van der Waals surface area contributed by atoms with Gasteiger partial charge in [0.05, 0.1) is 12.0 Å². The van der Waals surface area contributed by atoms with Crippen molar-refractivity contribution in [3.05, 3.63) is 29.8 Å². The Labute approximate surface area is 140 Å². The van der Waals surface area contributed by atoms with E-state index in [1.807, 2.05) is 38.1 Å². The van der Waals surface area contributed by atoms with E-state index in [1.165, 1.54) is 5.56 Å². The first-order chi connectivity index (χ1) is 10.9. The predicted molar refractivity (Wildman–Crippen MR) is 88.2 cm³/mol. The molecule has 0 aromatic heterocycles. The van der Waals surface area contributed by atoms with Crippen molar-refractivity contribution in [2.45, 2.75) is 56.0 Å². The number of ether oxygens (including phenoxy) is 2. The van der Waals surface area contributed by atoms with Crippen molar-refractivity contribution in [1.29, 1.82) is 0 Å². The van der Waals surface area contributed by atoms with Crippen molar-refractivity contribution in [1.82, 2.24) is 0 Å². The summed E-state index contributed by atoms with van der Waals surface area (Å²) in [6, 6.07) is 8.17. The van der Waals surface area contributed by atoms with Crippen molar-refractivity contribution in [2.24, 2.45) is 5.41 Å². The van der Waals surface area contributed by atoms with E-state index in [9.17, 15) is 9.59 Å². The number of esters is 1. The molecule has 124 valence electrons. The lowest BCUT2D eigenvalue weighted by atomic mass is 9.82. The summed E-state index contributed by atoms with van der Waals surface area (Å²) in [4.78, 5) is 25.3. The molecular weight excluding hydrogens is 312 g/mol. The van der Waals surface area contributed by atoms with Crippen LogP contribution in [-0.2, 0) is 19.1 Å². The molecule has 0 spiro atoms. The van der Waals surface area contributed by atoms with Crippen molar-refractivity contribution in [2.75, 3.05) is 6.61 Å². The summed E-state index contributed by atoms with van der Waals surface area (Å²) in [7, 11) is 0. The minimum absolute atomic E-state index is 0.131. The summed E-state index contributed by atoms with van der Waals surface area (Å²) in [6.07, 6.45) is 1.36. The Morgan fingerprint density at radius 1 is 1.35 bits per heavy atom. The van der Waals surface area contributed by atoms with Crippen LogP contribution < -0.4 is 0 Å². The fourth-order valence-corrected chi connectivity index (χ4v) is 5.00. The molecule has 1 aromatic carbocycles. The quantitative estimate of drug-likeness (QED) is 0.623. The van der Waals surface area contributed by atoms with Crippen molar-refractivity contribution < 1.29 is 19.1 Å². The van der Waals surface area contributed by atoms with Crippen molar-refractivity contribution >= 4 is 23.5 Å². The average molecular weight is 334 g/mol. The molecule has 0 bridgehead atoms. The van der Waals surface area contributed by atoms with Crippen LogP contribution in [0.2, 0.25) is 0 Å². The molecule has 1 heterocycles. The topological polar surface area (TPSA) is 52.6 Å². The van der Waals surface area contributed by atoms with E-state index in [0.717, 1.165) is 24.2 Å². The molecule has 2 aliphatic rings. The molecule has 1 aromatic rings. The minimum Gasteiger partial charge on any atom is -0.464 e. The van der Waals surface area contributed by atoms with Crippen LogP contribution in [0, 0.1) is 12.3 Å². The van der Waals surface area contributed by atoms with Crippen molar-refractivity contribution in [3.8, 4) is 0 Å². The zero-order valence-corrected chi connectivity index (χ0v) is 14.6. The Morgan fingerprint density at radius 2 is 2.04 bits per heavy atom. The third-order valence-electron chi connectivity index (χ3n) is 4.92. The molecule has 1 saturated heterocycles. The van der Waals surface area contributed by atoms with E-state index in [4.69, 9.17) is 9.47 Å². The van der Waals surface area contributed by atoms with Crippen LogP contribution in [0.15, 0.2) is 29.2 Å². The first-order valence-electron chi connectivity index (χ1n) is 8.06. The molecule has 3 atom stereocenters. The van der Waals surface area contributed by atoms with E-state index in [0.29, 0.717) is 0 Å². The van der Waals surface area contributed by atoms with Gasteiger partial charge < -0.3 is 9.47 Å². The largest absolute Gasteiger partial charge is 0.464 e. The maximum absolute atomic E-state index is 12.8. The third kappa shape index (κ3) is 2.60. The maximum Gasteiger partial charge on any atom is 0.343 e. The fourth-order valence-electron chi connectivity index (χ4n) is 3.53. The minimum atomic E-state index is -1.09. The van der Waals surface area contributed by atoms with Crippen molar-refractivity contribution in [3.63, 3.8) is 0 Å². The third-order valence-corrected chi connectivity index (χ3v) is 6.51. The summed E-state index contributed by atoms with van der Waals surface area (Å²) >= 11 is 1.57. The molecule has 0 N–H and O–H groups in total. The van der Waals surface area contributed by atoms with Gasteiger partial charge in [-0.1, -0.05) is 29.5 Å². The van der Waals surface area contributed by atoms with Crippen LogP contribution >= 0.6 is 11.8 Å². The summed E-state index contributed by atoms with van der Waals surface area (Å²) in [5.74, 6) is -0.690. The standard InChI is InChI=1S/C18H22O4S/c1-4-21-16(20)14-15(19)17(3)10-5-11-18(17,22-14)23-13-8-6-12(2)7-9-13/h6-9,14H,4-5,10-11H2,1-3H3/t14-,17-,18+/m1/s1. The lowest BCUT2D eigenvalue weighted by Crippen LogP contribution is -2.39. The van der Waals surface area contributed by atoms with E-state index < -0.39 is 22.4 Å². The van der Waals surface area contributed by atoms with Gasteiger partial charge in [-0.05, 0) is 52.2 Å². The molecule has 1 saturated carbocycles. The molecule has 4 nitrogen and oxygen atoms in total. The zero-order valence-electron chi connectivity index (χ0n) is 13.8. The number of benzene rings is 1. The van der Waals surface area contributed by atoms with Crippen LogP contribution in [0.1, 0.15) is 38.7 Å². The van der Waals surface area contributed by atoms with Crippen LogP contribution in [0.4, 0.5) is 0 Å². The molecule has 5 heteroatoms. The molecule has 0 unspecified atom stereocenters. The van der Waals surface area contributed by atoms with Gasteiger partial charge in [0.1, 0.15) is 4.93 Å². The first-order valence-corrected chi connectivity index (χ1v) is 8.88. The number of carbonyl (C=O) groups is 2. The lowest BCUT2D eigenvalue weighted by molar-refractivity contribution is -0.159. The Kier molecular flexibility index (Phi) is 4.27. The van der Waals surface area contributed by atoms with Gasteiger partial charge in [0.25, 0.3) is 0 Å². The van der Waals surface area contributed by atoms with Gasteiger partial charge in [0, 0.05) is 4.90 Å². The summed E-state index contributed by atoms with van der Waals surface area (Å²) in [5.41, 5.74) is 0.550. The number of Topliss-reactive ketones (excluding diaryl/α,β-unsaturated/α-hetero) is 1. The number of aryl methyl sites for hydroxylation is 1. The van der Waals surface area contributed by atoms with Crippen LogP contribution in [0.5, 0.6) is 0 Å². The maximum atomic E-state index is 12.8. The number of hydrogen-bond donors (Lipinski definition) is 0. The highest BCUT2D eigenvalue weighted by Crippen LogP contribution is 2.62. The molecule has 23 heavy (non-hydrogen) atoms. The predicted octanol–water partition coefficient (Wildman–Crippen LogP) is 3.50. The van der Waals surface area contributed by atoms with Gasteiger partial charge in [-0.15, -0.1) is 0 Å². The highest BCUT2D eigenvalue weighted by Gasteiger charge is 2.67. The number of fused-ring (bicyclic) bond motifs is 1. The summed E-state index contributed by atoms with van der Waals surface area (Å²) < 4.78 is 11.1. The lowest BCUT2D eigenvalue weighted by Gasteiger charge is -2.34. The number of ketones is 1. The second-order valence-corrected chi connectivity index (χ2v) is 7.80. The molecule has 0 amide bonds. The van der Waals surface area contributed by atoms with Gasteiger partial charge in [-0.3, -0.25) is 4.79 Å². The van der Waals surface area contributed by atoms with Gasteiger partial charge >= 0.3 is 5.97 Å². The second kappa shape index (κ2) is 5.95. The Balaban J connectivity index is 1.91. The van der Waals surface area contributed by atoms with E-state index in [-0.39, 0.29) is 12.4 Å². The average Bonchev–Trinajstić information content (AvgIpc) is 2.94. The van der Waals surface area contributed by atoms with Gasteiger partial charge in [0.15, 0.2) is 5.78 Å². The SMILES string of the molecule is CCOC(=O)[C@@H]1O[C@]2(Sc3ccc(C)cc3)CCC[C@]2(C)C1=O. The fraction of sp³-hybridized carbons (Fsp3) is 0.556. The number of carbonyl (C=O) groups excluding carboxylic acids is 2. The molecule has 2 fully saturated rings. The number of hydrogen-bond acceptors (Lipinski definition) is 5. The summed E-state index contributed by atoms with van der Waals surface area (Å²) in [6.45, 7) is 5.96. The van der Waals surface area contributed by atoms with Crippen LogP contribution in [0.3, 0.4) is 0 Å². The number of thioether (sulfide) groups is 1. The molecule has 3 rings (SSSR count). The monoisotopic (exact) mass is 334 g/mol. The van der Waals surface area contributed by atoms with E-state index in [2.05, 4.69) is 0 Å². The Bertz CT molecular complexity index is 626. The molecule has 0 radical (unpaired) electrons. The smallest absolute Gasteiger partial charge is 0.343 e. The van der Waals surface area contributed by atoms with E-state index in [1.54, 1.807) is 18.7 Å². The Hall–Kier alpha value is -1.33. The first kappa shape index (κ1) is 16.5. The number of rotatable bonds is 4. The highest BCUT2D eigenvalue weighted by atomic mass is 32.2. The van der Waals surface area contributed by atoms with Gasteiger partial charge in [-0.2, -0.15) is 0 Å². The molecule has 1 aliphatic heterocycles. The second-order valence-electron chi connectivity index (χ2n) is 6.47. The Morgan fingerprint density at radius 3 is 2.70 bits per heavy atom. The highest BCUT2D eigenvalue weighted by molar-refractivity contribution is 8.00. The van der Waals surface area contributed by atoms with Gasteiger partial charge in [0.2, 0.25) is 6.10 Å². The normalized spacial score (nSPS) is 32.8.